The zero-order valence-electron chi connectivity index (χ0n) is 33.3. The minimum Gasteiger partial charge on any atom is -0.472 e. The van der Waals surface area contributed by atoms with E-state index in [1.807, 2.05) is 0 Å². The number of aliphatic hydroxyl groups is 3. The number of carbonyl (C=O) groups excluding carboxylic acids is 6. The lowest BCUT2D eigenvalue weighted by Gasteiger charge is -2.77. The molecule has 7 rings (SSSR count). The first kappa shape index (κ1) is 41.1. The summed E-state index contributed by atoms with van der Waals surface area (Å²) in [5.74, 6) is -9.75. The summed E-state index contributed by atoms with van der Waals surface area (Å²) >= 11 is 0. The lowest BCUT2D eigenvalue weighted by molar-refractivity contribution is -0.447. The summed E-state index contributed by atoms with van der Waals surface area (Å²) in [6.45, 7) is 9.33. The number of hydrogen-bond donors (Lipinski definition) is 3. The highest BCUT2D eigenvalue weighted by Gasteiger charge is 3.04. The SMILES string of the molecule is CC[C@@]12C[C@@H]3[C@](C)([C@@H](OC(C)=O)c4ccoc4)[C@@H](OC(C)=O)[C@@H](OC(C)=O)[C@@]4(O)[C@]3(O1)[C@H](O2)[C@@]1(O)[C@@H](OC(C)=O)[C@]2(C)C[C@@]1(O)[C@@]4(COC(C)=O)[C@H]2CC(=O)OC. The fourth-order valence-electron chi connectivity index (χ4n) is 12.9. The van der Waals surface area contributed by atoms with Crippen LogP contribution in [0.1, 0.15) is 92.7 Å². The number of ether oxygens (including phenoxy) is 8. The summed E-state index contributed by atoms with van der Waals surface area (Å²) in [5.41, 5.74) is -16.5. The number of rotatable bonds is 11. The van der Waals surface area contributed by atoms with Gasteiger partial charge in [-0.05, 0) is 24.8 Å². The van der Waals surface area contributed by atoms with Crippen LogP contribution >= 0.6 is 0 Å². The number of hydrogen-bond acceptors (Lipinski definition) is 18. The molecule has 1 spiro atoms. The van der Waals surface area contributed by atoms with Gasteiger partial charge in [0.1, 0.15) is 41.7 Å². The molecule has 4 saturated carbocycles. The molecule has 4 bridgehead atoms. The predicted molar refractivity (Wildman–Crippen MR) is 185 cm³/mol. The molecule has 0 radical (unpaired) electrons. The Morgan fingerprint density at radius 1 is 0.895 bits per heavy atom. The van der Waals surface area contributed by atoms with Gasteiger partial charge in [0, 0.05) is 64.4 Å². The van der Waals surface area contributed by atoms with Crippen LogP contribution in [-0.2, 0) is 66.7 Å². The van der Waals surface area contributed by atoms with Crippen LogP contribution in [0, 0.1) is 28.1 Å². The maximum atomic E-state index is 14.5. The molecule has 1 aromatic heterocycles. The molecular formula is C39H50O18. The van der Waals surface area contributed by atoms with Crippen LogP contribution in [-0.4, -0.2) is 117 Å². The van der Waals surface area contributed by atoms with Crippen molar-refractivity contribution in [2.24, 2.45) is 28.1 Å². The molecule has 0 amide bonds. The minimum absolute atomic E-state index is 0.0425. The van der Waals surface area contributed by atoms with Crippen molar-refractivity contribution < 1.29 is 86.4 Å². The van der Waals surface area contributed by atoms with Crippen LogP contribution in [0.2, 0.25) is 0 Å². The number of furan rings is 1. The zero-order chi connectivity index (χ0) is 42.1. The predicted octanol–water partition coefficient (Wildman–Crippen LogP) is 1.34. The summed E-state index contributed by atoms with van der Waals surface area (Å²) in [7, 11) is 1.11. The molecule has 15 atom stereocenters. The molecule has 57 heavy (non-hydrogen) atoms. The fourth-order valence-corrected chi connectivity index (χ4v) is 12.9. The highest BCUT2D eigenvalue weighted by atomic mass is 16.8. The van der Waals surface area contributed by atoms with Gasteiger partial charge in [0.25, 0.3) is 0 Å². The van der Waals surface area contributed by atoms with E-state index in [-0.39, 0.29) is 18.4 Å². The maximum Gasteiger partial charge on any atom is 0.305 e. The van der Waals surface area contributed by atoms with Gasteiger partial charge in [-0.1, -0.05) is 20.8 Å². The monoisotopic (exact) mass is 806 g/mol. The summed E-state index contributed by atoms with van der Waals surface area (Å²) in [6.07, 6.45) is -7.45. The summed E-state index contributed by atoms with van der Waals surface area (Å²) < 4.78 is 54.5. The van der Waals surface area contributed by atoms with Gasteiger partial charge in [0.2, 0.25) is 0 Å². The largest absolute Gasteiger partial charge is 0.472 e. The van der Waals surface area contributed by atoms with Crippen molar-refractivity contribution in [3.8, 4) is 0 Å². The van der Waals surface area contributed by atoms with E-state index in [0.717, 1.165) is 41.7 Å². The second-order valence-electron chi connectivity index (χ2n) is 17.1. The first-order valence-electron chi connectivity index (χ1n) is 18.9. The van der Waals surface area contributed by atoms with E-state index < -0.39 is 142 Å². The number of carbonyl (C=O) groups is 6. The van der Waals surface area contributed by atoms with Gasteiger partial charge in [-0.15, -0.1) is 0 Å². The van der Waals surface area contributed by atoms with Crippen molar-refractivity contribution in [2.45, 2.75) is 140 Å². The van der Waals surface area contributed by atoms with Crippen molar-refractivity contribution in [1.82, 2.24) is 0 Å². The van der Waals surface area contributed by atoms with Gasteiger partial charge in [-0.3, -0.25) is 28.8 Å². The summed E-state index contributed by atoms with van der Waals surface area (Å²) in [4.78, 5) is 79.4. The number of fused-ring (bicyclic) bond motifs is 4. The van der Waals surface area contributed by atoms with Crippen molar-refractivity contribution in [3.05, 3.63) is 24.2 Å². The Morgan fingerprint density at radius 3 is 2.05 bits per heavy atom. The fraction of sp³-hybridized carbons (Fsp3) is 0.744. The average molecular weight is 807 g/mol. The van der Waals surface area contributed by atoms with E-state index >= 15 is 0 Å². The Bertz CT molecular complexity index is 1900. The highest BCUT2D eigenvalue weighted by Crippen LogP contribution is 2.87. The van der Waals surface area contributed by atoms with Gasteiger partial charge < -0.3 is 57.6 Å². The van der Waals surface area contributed by atoms with E-state index in [4.69, 9.17) is 42.3 Å². The third-order valence-corrected chi connectivity index (χ3v) is 14.5. The molecule has 0 aromatic carbocycles. The Balaban J connectivity index is 1.68. The van der Waals surface area contributed by atoms with Crippen LogP contribution in [0.15, 0.2) is 23.0 Å². The van der Waals surface area contributed by atoms with E-state index in [0.29, 0.717) is 0 Å². The third kappa shape index (κ3) is 4.70. The lowest BCUT2D eigenvalue weighted by atomic mass is 9.32. The number of methoxy groups -OCH3 is 1. The molecule has 2 saturated heterocycles. The van der Waals surface area contributed by atoms with Crippen LogP contribution in [0.4, 0.5) is 0 Å². The van der Waals surface area contributed by atoms with Crippen LogP contribution in [0.25, 0.3) is 0 Å². The maximum absolute atomic E-state index is 14.5. The molecule has 6 fully saturated rings. The van der Waals surface area contributed by atoms with Crippen molar-refractivity contribution in [2.75, 3.05) is 13.7 Å². The van der Waals surface area contributed by atoms with Crippen LogP contribution in [0.3, 0.4) is 0 Å². The highest BCUT2D eigenvalue weighted by molar-refractivity contribution is 5.73. The second-order valence-corrected chi connectivity index (χ2v) is 17.1. The van der Waals surface area contributed by atoms with Gasteiger partial charge in [0.15, 0.2) is 23.6 Å². The van der Waals surface area contributed by atoms with E-state index in [9.17, 15) is 44.1 Å². The molecule has 6 aliphatic rings. The molecular weight excluding hydrogens is 756 g/mol. The van der Waals surface area contributed by atoms with Crippen LogP contribution < -0.4 is 0 Å². The van der Waals surface area contributed by atoms with Crippen molar-refractivity contribution in [3.63, 3.8) is 0 Å². The van der Waals surface area contributed by atoms with E-state index in [1.54, 1.807) is 20.8 Å². The van der Waals surface area contributed by atoms with Gasteiger partial charge in [-0.2, -0.15) is 0 Å². The summed E-state index contributed by atoms with van der Waals surface area (Å²) in [5, 5.41) is 41.9. The minimum atomic E-state index is -2.95. The van der Waals surface area contributed by atoms with Crippen molar-refractivity contribution >= 4 is 35.8 Å². The molecule has 18 heteroatoms. The quantitative estimate of drug-likeness (QED) is 0.211. The van der Waals surface area contributed by atoms with E-state index in [2.05, 4.69) is 0 Å². The van der Waals surface area contributed by atoms with E-state index in [1.165, 1.54) is 18.6 Å². The Morgan fingerprint density at radius 2 is 1.53 bits per heavy atom. The molecule has 4 aliphatic carbocycles. The standard InChI is InChI=1S/C39H50O18/c1-10-34-14-25-33(8,27(52-19(3)41)23-11-12-50-15-23)28(53-20(4)42)29(54-21(5)43)39(48)35(17-51-18(2)40)24(13-26(45)49-9)32(7)16-36(35,46)37(47,30(32)55-22(6)44)31(56-34)38(25,39)57-34/h11-12,15,24-25,27-31,46-48H,10,13-14,16-17H2,1-9H3/t24-,25+,27-,28-,29+,30-,31+,32+,33+,34-,35+,36+,37-,38+,39-/m0/s1. The Hall–Kier alpha value is -4.10. The first-order chi connectivity index (χ1) is 26.5. The molecule has 18 nitrogen and oxygen atoms in total. The molecule has 0 unspecified atom stereocenters. The molecule has 3 heterocycles. The molecule has 314 valence electrons. The normalized spacial score (nSPS) is 46.0. The lowest BCUT2D eigenvalue weighted by Crippen LogP contribution is -2.97. The smallest absolute Gasteiger partial charge is 0.305 e. The van der Waals surface area contributed by atoms with Gasteiger partial charge >= 0.3 is 35.8 Å². The third-order valence-electron chi connectivity index (χ3n) is 14.5. The molecule has 1 aromatic rings. The molecule has 3 N–H and O–H groups in total. The topological polar surface area (TPSA) is 250 Å². The average Bonchev–Trinajstić information content (AvgIpc) is 3.92. The first-order valence-corrected chi connectivity index (χ1v) is 18.9. The zero-order valence-corrected chi connectivity index (χ0v) is 33.3. The summed E-state index contributed by atoms with van der Waals surface area (Å²) in [6, 6.07) is 1.51. The molecule has 2 aliphatic heterocycles. The van der Waals surface area contributed by atoms with Crippen LogP contribution in [0.5, 0.6) is 0 Å². The number of esters is 6. The Labute approximate surface area is 327 Å². The van der Waals surface area contributed by atoms with Gasteiger partial charge in [-0.25, -0.2) is 0 Å². The Kier molecular flexibility index (Phi) is 9.15. The second kappa shape index (κ2) is 12.7. The van der Waals surface area contributed by atoms with Gasteiger partial charge in [0.05, 0.1) is 30.5 Å². The van der Waals surface area contributed by atoms with Crippen molar-refractivity contribution in [1.29, 1.82) is 0 Å².